The van der Waals surface area contributed by atoms with Crippen LogP contribution in [0.1, 0.15) is 6.23 Å². The Morgan fingerprint density at radius 2 is 2.15 bits per heavy atom. The Morgan fingerprint density at radius 3 is 2.90 bits per heavy atom. The van der Waals surface area contributed by atoms with Gasteiger partial charge in [0.25, 0.3) is 5.56 Å². The Balaban J connectivity index is 2.09. The molecule has 0 spiro atoms. The topological polar surface area (TPSA) is 160 Å². The molecular formula is C10H13N5O5. The molecule has 0 bridgehead atoms. The highest BCUT2D eigenvalue weighted by Gasteiger charge is 2.39. The van der Waals surface area contributed by atoms with E-state index < -0.39 is 30.1 Å². The van der Waals surface area contributed by atoms with Gasteiger partial charge in [-0.15, -0.1) is 0 Å². The van der Waals surface area contributed by atoms with E-state index in [0.29, 0.717) is 0 Å². The van der Waals surface area contributed by atoms with Gasteiger partial charge in [-0.05, 0) is 0 Å². The zero-order chi connectivity index (χ0) is 14.4. The summed E-state index contributed by atoms with van der Waals surface area (Å²) in [6.07, 6.45) is -3.71. The van der Waals surface area contributed by atoms with Crippen LogP contribution in [0, 0.1) is 0 Å². The normalized spacial score (nSPS) is 30.8. The van der Waals surface area contributed by atoms with Gasteiger partial charge < -0.3 is 25.8 Å². The van der Waals surface area contributed by atoms with Crippen molar-refractivity contribution in [2.75, 3.05) is 12.3 Å². The fourth-order valence-corrected chi connectivity index (χ4v) is 2.16. The molecule has 1 aliphatic rings. The fourth-order valence-electron chi connectivity index (χ4n) is 2.16. The second-order valence-corrected chi connectivity index (χ2v) is 4.55. The van der Waals surface area contributed by atoms with E-state index in [1.54, 1.807) is 0 Å². The standard InChI is InChI=1S/C10H13N5O5/c11-10-13-7-4(8(19)14-10)12-2-15(7)9-6(18)5(17)3(16)1-20-9/h2-3,5-6,9,16-18H,1H2,(H3,11,13,14,19)/t3-,5-,6+,9+/m1/s1. The van der Waals surface area contributed by atoms with Crippen LogP contribution < -0.4 is 11.3 Å². The van der Waals surface area contributed by atoms with Gasteiger partial charge in [-0.3, -0.25) is 14.3 Å². The number of H-pyrrole nitrogens is 1. The molecule has 6 N–H and O–H groups in total. The molecule has 2 aromatic rings. The Bertz CT molecular complexity index is 697. The van der Waals surface area contributed by atoms with Crippen molar-refractivity contribution in [3.05, 3.63) is 16.7 Å². The lowest BCUT2D eigenvalue weighted by molar-refractivity contribution is -0.210. The summed E-state index contributed by atoms with van der Waals surface area (Å²) in [5.41, 5.74) is 5.11. The molecule has 0 saturated carbocycles. The molecule has 3 rings (SSSR count). The van der Waals surface area contributed by atoms with Gasteiger partial charge >= 0.3 is 0 Å². The predicted octanol–water partition coefficient (Wildman–Crippen LogP) is -2.69. The van der Waals surface area contributed by atoms with Crippen LogP contribution in [0.2, 0.25) is 0 Å². The maximum absolute atomic E-state index is 11.6. The Morgan fingerprint density at radius 1 is 1.40 bits per heavy atom. The van der Waals surface area contributed by atoms with Crippen LogP contribution >= 0.6 is 0 Å². The van der Waals surface area contributed by atoms with Gasteiger partial charge in [0.1, 0.15) is 18.3 Å². The van der Waals surface area contributed by atoms with Gasteiger partial charge in [0.2, 0.25) is 5.95 Å². The van der Waals surface area contributed by atoms with E-state index in [4.69, 9.17) is 10.5 Å². The third-order valence-corrected chi connectivity index (χ3v) is 3.20. The lowest BCUT2D eigenvalue weighted by atomic mass is 10.0. The zero-order valence-electron chi connectivity index (χ0n) is 10.2. The van der Waals surface area contributed by atoms with Crippen molar-refractivity contribution in [1.29, 1.82) is 0 Å². The maximum Gasteiger partial charge on any atom is 0.280 e. The van der Waals surface area contributed by atoms with E-state index in [2.05, 4.69) is 15.0 Å². The first-order valence-corrected chi connectivity index (χ1v) is 5.87. The van der Waals surface area contributed by atoms with Crippen molar-refractivity contribution in [2.45, 2.75) is 24.5 Å². The molecule has 3 heterocycles. The number of aliphatic hydroxyl groups excluding tert-OH is 3. The predicted molar refractivity (Wildman–Crippen MR) is 65.6 cm³/mol. The van der Waals surface area contributed by atoms with Gasteiger partial charge in [0.05, 0.1) is 12.9 Å². The summed E-state index contributed by atoms with van der Waals surface area (Å²) in [7, 11) is 0. The number of rotatable bonds is 1. The maximum atomic E-state index is 11.6. The Labute approximate surface area is 111 Å². The molecule has 0 radical (unpaired) electrons. The molecule has 0 aliphatic carbocycles. The minimum Gasteiger partial charge on any atom is -0.388 e. The van der Waals surface area contributed by atoms with Crippen molar-refractivity contribution in [3.8, 4) is 0 Å². The molecule has 108 valence electrons. The molecule has 1 fully saturated rings. The first-order chi connectivity index (χ1) is 9.49. The minimum absolute atomic E-state index is 0.0376. The van der Waals surface area contributed by atoms with Crippen LogP contribution in [0.5, 0.6) is 0 Å². The number of nitrogen functional groups attached to an aromatic ring is 1. The van der Waals surface area contributed by atoms with E-state index in [-0.39, 0.29) is 23.7 Å². The van der Waals surface area contributed by atoms with Gasteiger partial charge in [-0.2, -0.15) is 4.98 Å². The number of nitrogens with two attached hydrogens (primary N) is 1. The molecule has 1 aliphatic heterocycles. The summed E-state index contributed by atoms with van der Waals surface area (Å²) in [6.45, 7) is -0.165. The van der Waals surface area contributed by atoms with E-state index in [1.165, 1.54) is 10.9 Å². The largest absolute Gasteiger partial charge is 0.388 e. The summed E-state index contributed by atoms with van der Waals surface area (Å²) in [5.74, 6) is -0.102. The number of aromatic nitrogens is 4. The van der Waals surface area contributed by atoms with Crippen molar-refractivity contribution in [3.63, 3.8) is 0 Å². The highest BCUT2D eigenvalue weighted by Crippen LogP contribution is 2.26. The molecule has 0 unspecified atom stereocenters. The number of ether oxygens (including phenoxy) is 1. The van der Waals surface area contributed by atoms with Gasteiger partial charge in [0.15, 0.2) is 17.4 Å². The third kappa shape index (κ3) is 1.86. The van der Waals surface area contributed by atoms with Crippen LogP contribution in [0.25, 0.3) is 11.2 Å². The first kappa shape index (κ1) is 13.0. The molecule has 4 atom stereocenters. The lowest BCUT2D eigenvalue weighted by Gasteiger charge is -2.35. The minimum atomic E-state index is -1.39. The van der Waals surface area contributed by atoms with Crippen molar-refractivity contribution >= 4 is 17.1 Å². The van der Waals surface area contributed by atoms with Crippen molar-refractivity contribution in [1.82, 2.24) is 19.5 Å². The number of anilines is 1. The van der Waals surface area contributed by atoms with Crippen molar-refractivity contribution in [2.24, 2.45) is 0 Å². The van der Waals surface area contributed by atoms with Gasteiger partial charge in [0, 0.05) is 0 Å². The highest BCUT2D eigenvalue weighted by atomic mass is 16.5. The lowest BCUT2D eigenvalue weighted by Crippen LogP contribution is -2.50. The molecule has 0 amide bonds. The molecule has 20 heavy (non-hydrogen) atoms. The van der Waals surface area contributed by atoms with Gasteiger partial charge in [-0.25, -0.2) is 4.98 Å². The smallest absolute Gasteiger partial charge is 0.280 e. The molecule has 10 nitrogen and oxygen atoms in total. The van der Waals surface area contributed by atoms with Crippen LogP contribution in [0.15, 0.2) is 11.1 Å². The Hall–Kier alpha value is -2.01. The summed E-state index contributed by atoms with van der Waals surface area (Å²) < 4.78 is 6.57. The SMILES string of the molecule is Nc1nc2c(ncn2[C@H]2OC[C@@H](O)[C@@H](O)[C@@H]2O)c(=O)[nH]1. The number of aromatic amines is 1. The first-order valence-electron chi connectivity index (χ1n) is 5.87. The average molecular weight is 283 g/mol. The number of hydrogen-bond acceptors (Lipinski definition) is 8. The van der Waals surface area contributed by atoms with E-state index in [1.807, 2.05) is 0 Å². The number of nitrogens with zero attached hydrogens (tertiary/aromatic N) is 3. The monoisotopic (exact) mass is 283 g/mol. The van der Waals surface area contributed by atoms with E-state index >= 15 is 0 Å². The molecule has 2 aromatic heterocycles. The Kier molecular flexibility index (Phi) is 2.94. The van der Waals surface area contributed by atoms with E-state index in [9.17, 15) is 20.1 Å². The molecule has 0 aromatic carbocycles. The second-order valence-electron chi connectivity index (χ2n) is 4.55. The molecule has 10 heteroatoms. The van der Waals surface area contributed by atoms with Crippen LogP contribution in [-0.2, 0) is 4.74 Å². The van der Waals surface area contributed by atoms with Crippen LogP contribution in [0.3, 0.4) is 0 Å². The molecular weight excluding hydrogens is 270 g/mol. The molecule has 1 saturated heterocycles. The van der Waals surface area contributed by atoms with Crippen molar-refractivity contribution < 1.29 is 20.1 Å². The second kappa shape index (κ2) is 4.52. The average Bonchev–Trinajstić information content (AvgIpc) is 2.80. The number of fused-ring (bicyclic) bond motifs is 1. The summed E-state index contributed by atoms with van der Waals surface area (Å²) >= 11 is 0. The zero-order valence-corrected chi connectivity index (χ0v) is 10.2. The third-order valence-electron chi connectivity index (χ3n) is 3.20. The number of nitrogens with one attached hydrogen (secondary N) is 1. The van der Waals surface area contributed by atoms with Crippen LogP contribution in [0.4, 0.5) is 5.95 Å². The summed E-state index contributed by atoms with van der Waals surface area (Å²) in [6, 6.07) is 0. The number of hydrogen-bond donors (Lipinski definition) is 5. The summed E-state index contributed by atoms with van der Waals surface area (Å²) in [4.78, 5) is 21.8. The number of imidazole rings is 1. The highest BCUT2D eigenvalue weighted by molar-refractivity contribution is 5.70. The quantitative estimate of drug-likeness (QED) is 0.378. The fraction of sp³-hybridized carbons (Fsp3) is 0.500. The van der Waals surface area contributed by atoms with E-state index in [0.717, 1.165) is 0 Å². The number of aliphatic hydroxyl groups is 3. The summed E-state index contributed by atoms with van der Waals surface area (Å²) in [5, 5.41) is 29.0. The van der Waals surface area contributed by atoms with Gasteiger partial charge in [-0.1, -0.05) is 0 Å². The van der Waals surface area contributed by atoms with Crippen LogP contribution in [-0.4, -0.2) is 59.8 Å².